The molecule has 0 spiro atoms. The SMILES string of the molecule is COC(=O)C[C@@]1(O)[C@@]2(C)C(=O)CC3C(C)(C)OC(=O)C[C@@H](OC(C)=O)[C@@]3(C)C2CC[C@]1(C)C(=O)c1ccoc1. The molecule has 0 amide bonds. The largest absolute Gasteiger partial charge is 0.472 e. The number of aliphatic hydroxyl groups is 1. The summed E-state index contributed by atoms with van der Waals surface area (Å²) >= 11 is 0. The molecule has 2 saturated carbocycles. The summed E-state index contributed by atoms with van der Waals surface area (Å²) in [7, 11) is 1.18. The maximum Gasteiger partial charge on any atom is 0.310 e. The zero-order valence-electron chi connectivity index (χ0n) is 23.6. The maximum absolute atomic E-state index is 14.3. The molecule has 1 aliphatic heterocycles. The molecule has 10 nitrogen and oxygen atoms in total. The number of ether oxygens (including phenoxy) is 3. The molecule has 3 aliphatic rings. The van der Waals surface area contributed by atoms with Gasteiger partial charge in [0.15, 0.2) is 5.78 Å². The van der Waals surface area contributed by atoms with Crippen molar-refractivity contribution in [2.75, 3.05) is 7.11 Å². The van der Waals surface area contributed by atoms with Gasteiger partial charge in [-0.25, -0.2) is 0 Å². The molecular weight excluding hydrogens is 508 g/mol. The Morgan fingerprint density at radius 2 is 1.74 bits per heavy atom. The van der Waals surface area contributed by atoms with Gasteiger partial charge in [0, 0.05) is 24.7 Å². The number of fused-ring (bicyclic) bond motifs is 3. The van der Waals surface area contributed by atoms with Crippen LogP contribution in [0.4, 0.5) is 0 Å². The smallest absolute Gasteiger partial charge is 0.310 e. The quantitative estimate of drug-likeness (QED) is 0.331. The van der Waals surface area contributed by atoms with E-state index in [4.69, 9.17) is 18.6 Å². The van der Waals surface area contributed by atoms with Crippen LogP contribution >= 0.6 is 0 Å². The van der Waals surface area contributed by atoms with Crippen LogP contribution in [0, 0.1) is 28.1 Å². The molecule has 0 bridgehead atoms. The van der Waals surface area contributed by atoms with Crippen LogP contribution in [0.25, 0.3) is 0 Å². The van der Waals surface area contributed by atoms with Gasteiger partial charge in [0.2, 0.25) is 0 Å². The Balaban J connectivity index is 1.97. The van der Waals surface area contributed by atoms with Crippen LogP contribution in [0.3, 0.4) is 0 Å². The fourth-order valence-corrected chi connectivity index (χ4v) is 8.27. The van der Waals surface area contributed by atoms with Crippen LogP contribution in [0.1, 0.15) is 84.0 Å². The second-order valence-corrected chi connectivity index (χ2v) is 12.5. The van der Waals surface area contributed by atoms with Gasteiger partial charge in [-0.1, -0.05) is 6.92 Å². The van der Waals surface area contributed by atoms with Crippen LogP contribution in [-0.2, 0) is 33.4 Å². The standard InChI is InChI=1S/C29H38O10/c1-16(30)38-21-13-22(32)39-25(2,3)19-12-20(31)28(6)18(27(19,21)5)8-10-26(4,24(34)17-9-11-37-15-17)29(28,35)14-23(33)36-7/h9,11,15,18-19,21,35H,8,10,12-14H2,1-7H3/t18?,19?,21-,26-,27+,28-,29+/m1/s1. The molecule has 1 aromatic rings. The van der Waals surface area contributed by atoms with E-state index in [0.29, 0.717) is 0 Å². The van der Waals surface area contributed by atoms with Gasteiger partial charge in [-0.2, -0.15) is 0 Å². The van der Waals surface area contributed by atoms with E-state index in [1.807, 2.05) is 6.92 Å². The lowest BCUT2D eigenvalue weighted by atomic mass is 9.36. The zero-order chi connectivity index (χ0) is 29.2. The van der Waals surface area contributed by atoms with Crippen molar-refractivity contribution in [1.29, 1.82) is 0 Å². The van der Waals surface area contributed by atoms with Crippen LogP contribution in [0.5, 0.6) is 0 Å². The van der Waals surface area contributed by atoms with Crippen molar-refractivity contribution in [3.8, 4) is 0 Å². The first kappa shape index (κ1) is 29.0. The summed E-state index contributed by atoms with van der Waals surface area (Å²) in [6, 6.07) is 1.48. The van der Waals surface area contributed by atoms with Crippen LogP contribution in [0.2, 0.25) is 0 Å². The lowest BCUT2D eigenvalue weighted by Gasteiger charge is -2.67. The van der Waals surface area contributed by atoms with Crippen molar-refractivity contribution in [3.63, 3.8) is 0 Å². The van der Waals surface area contributed by atoms with E-state index in [9.17, 15) is 29.1 Å². The van der Waals surface area contributed by atoms with Crippen LogP contribution < -0.4 is 0 Å². The van der Waals surface area contributed by atoms with E-state index < -0.39 is 75.5 Å². The fourth-order valence-electron chi connectivity index (χ4n) is 8.27. The predicted molar refractivity (Wildman–Crippen MR) is 135 cm³/mol. The molecule has 1 N–H and O–H groups in total. The van der Waals surface area contributed by atoms with Crippen molar-refractivity contribution in [3.05, 3.63) is 24.2 Å². The van der Waals surface area contributed by atoms with Crippen molar-refractivity contribution in [2.24, 2.45) is 28.1 Å². The highest BCUT2D eigenvalue weighted by molar-refractivity contribution is 6.03. The average molecular weight is 547 g/mol. The lowest BCUT2D eigenvalue weighted by Crippen LogP contribution is -2.75. The highest BCUT2D eigenvalue weighted by atomic mass is 16.6. The first-order chi connectivity index (χ1) is 18.0. The fraction of sp³-hybridized carbons (Fsp3) is 0.690. The minimum atomic E-state index is -2.18. The van der Waals surface area contributed by atoms with E-state index in [-0.39, 0.29) is 37.0 Å². The molecule has 2 heterocycles. The summed E-state index contributed by atoms with van der Waals surface area (Å²) in [6.07, 6.45) is 1.09. The van der Waals surface area contributed by atoms with Crippen molar-refractivity contribution in [2.45, 2.75) is 91.0 Å². The van der Waals surface area contributed by atoms with Crippen LogP contribution in [-0.4, -0.2) is 59.0 Å². The van der Waals surface area contributed by atoms with Gasteiger partial charge < -0.3 is 23.7 Å². The number of esters is 3. The van der Waals surface area contributed by atoms with Gasteiger partial charge in [0.05, 0.1) is 42.6 Å². The molecule has 0 radical (unpaired) electrons. The number of Topliss-reactive ketones (excluding diaryl/α,β-unsaturated/α-hetero) is 2. The molecule has 214 valence electrons. The Morgan fingerprint density at radius 3 is 2.31 bits per heavy atom. The van der Waals surface area contributed by atoms with Crippen molar-refractivity contribution in [1.82, 2.24) is 0 Å². The van der Waals surface area contributed by atoms with Gasteiger partial charge in [0.25, 0.3) is 0 Å². The van der Waals surface area contributed by atoms with E-state index >= 15 is 0 Å². The molecule has 2 unspecified atom stereocenters. The van der Waals surface area contributed by atoms with E-state index in [0.717, 1.165) is 0 Å². The Labute approximate surface area is 227 Å². The first-order valence-corrected chi connectivity index (χ1v) is 13.3. The number of carbonyl (C=O) groups excluding carboxylic acids is 5. The van der Waals surface area contributed by atoms with Gasteiger partial charge in [-0.15, -0.1) is 0 Å². The summed E-state index contributed by atoms with van der Waals surface area (Å²) in [4.78, 5) is 66.2. The van der Waals surface area contributed by atoms with Gasteiger partial charge in [-0.05, 0) is 52.5 Å². The molecule has 0 aromatic carbocycles. The second kappa shape index (κ2) is 9.28. The summed E-state index contributed by atoms with van der Waals surface area (Å²) in [6.45, 7) is 9.74. The Kier molecular flexibility index (Phi) is 6.90. The molecule has 3 fully saturated rings. The third-order valence-corrected chi connectivity index (χ3v) is 10.4. The first-order valence-electron chi connectivity index (χ1n) is 13.3. The third-order valence-electron chi connectivity index (χ3n) is 10.4. The Morgan fingerprint density at radius 1 is 1.08 bits per heavy atom. The average Bonchev–Trinajstić information content (AvgIpc) is 3.36. The highest BCUT2D eigenvalue weighted by Crippen LogP contribution is 2.70. The summed E-state index contributed by atoms with van der Waals surface area (Å²) < 4.78 is 21.6. The number of ketones is 2. The monoisotopic (exact) mass is 546 g/mol. The van der Waals surface area contributed by atoms with E-state index in [1.165, 1.54) is 32.6 Å². The summed E-state index contributed by atoms with van der Waals surface area (Å²) in [5, 5.41) is 12.7. The summed E-state index contributed by atoms with van der Waals surface area (Å²) in [5.74, 6) is -4.00. The van der Waals surface area contributed by atoms with E-state index in [2.05, 4.69) is 0 Å². The minimum Gasteiger partial charge on any atom is -0.472 e. The molecule has 1 aromatic heterocycles. The normalized spacial score (nSPS) is 39.4. The second-order valence-electron chi connectivity index (χ2n) is 12.5. The Bertz CT molecular complexity index is 1200. The molecule has 1 saturated heterocycles. The van der Waals surface area contributed by atoms with Crippen molar-refractivity contribution < 1.29 is 47.7 Å². The highest BCUT2D eigenvalue weighted by Gasteiger charge is 2.77. The van der Waals surface area contributed by atoms with Gasteiger partial charge >= 0.3 is 17.9 Å². The Hall–Kier alpha value is -3.01. The third kappa shape index (κ3) is 3.97. The number of cyclic esters (lactones) is 1. The molecule has 2 aliphatic carbocycles. The molecule has 7 atom stereocenters. The van der Waals surface area contributed by atoms with Gasteiger partial charge in [0.1, 0.15) is 29.4 Å². The topological polar surface area (TPSA) is 146 Å². The predicted octanol–water partition coefficient (Wildman–Crippen LogP) is 3.43. The number of rotatable bonds is 5. The number of hydrogen-bond acceptors (Lipinski definition) is 10. The van der Waals surface area contributed by atoms with E-state index in [1.54, 1.807) is 27.7 Å². The number of methoxy groups -OCH3 is 1. The van der Waals surface area contributed by atoms with Gasteiger partial charge in [-0.3, -0.25) is 24.0 Å². The molecule has 39 heavy (non-hydrogen) atoms. The number of furan rings is 1. The molecule has 4 rings (SSSR count). The minimum absolute atomic E-state index is 0.113. The maximum atomic E-state index is 14.3. The van der Waals surface area contributed by atoms with Crippen molar-refractivity contribution >= 4 is 29.5 Å². The summed E-state index contributed by atoms with van der Waals surface area (Å²) in [5.41, 5.74) is -7.32. The van der Waals surface area contributed by atoms with Crippen LogP contribution in [0.15, 0.2) is 23.0 Å². The lowest BCUT2D eigenvalue weighted by molar-refractivity contribution is -0.255. The number of carbonyl (C=O) groups is 5. The zero-order valence-corrected chi connectivity index (χ0v) is 23.6. The number of hydrogen-bond donors (Lipinski definition) is 1. The molecule has 10 heteroatoms. The molecular formula is C29H38O10.